The Labute approximate surface area is 179 Å². The number of anilines is 1. The maximum Gasteiger partial charge on any atom is 0.191 e. The monoisotopic (exact) mass is 407 g/mol. The highest BCUT2D eigenvalue weighted by atomic mass is 19.1. The number of nitriles is 1. The molecule has 0 aliphatic heterocycles. The molecule has 4 rings (SSSR count). The van der Waals surface area contributed by atoms with Crippen LogP contribution in [0.15, 0.2) is 72.5 Å². The second-order valence-corrected chi connectivity index (χ2v) is 6.88. The Morgan fingerprint density at radius 3 is 2.65 bits per heavy atom. The van der Waals surface area contributed by atoms with Gasteiger partial charge in [0.25, 0.3) is 0 Å². The predicted molar refractivity (Wildman–Crippen MR) is 123 cm³/mol. The van der Waals surface area contributed by atoms with Gasteiger partial charge in [0, 0.05) is 17.7 Å². The van der Waals surface area contributed by atoms with Gasteiger partial charge in [-0.05, 0) is 53.4 Å². The summed E-state index contributed by atoms with van der Waals surface area (Å²) in [6.45, 7) is 7.69. The molecule has 31 heavy (non-hydrogen) atoms. The summed E-state index contributed by atoms with van der Waals surface area (Å²) in [4.78, 5) is 12.1. The lowest BCUT2D eigenvalue weighted by Gasteiger charge is -2.11. The van der Waals surface area contributed by atoms with Crippen LogP contribution >= 0.6 is 0 Å². The molecule has 3 aromatic carbocycles. The molecule has 0 fully saturated rings. The van der Waals surface area contributed by atoms with E-state index >= 15 is 4.39 Å². The van der Waals surface area contributed by atoms with Crippen molar-refractivity contribution in [2.45, 2.75) is 6.54 Å². The molecule has 6 heteroatoms. The predicted octanol–water partition coefficient (Wildman–Crippen LogP) is 5.89. The van der Waals surface area contributed by atoms with E-state index in [1.807, 2.05) is 30.3 Å². The smallest absolute Gasteiger partial charge is 0.191 e. The van der Waals surface area contributed by atoms with Gasteiger partial charge in [-0.25, -0.2) is 14.4 Å². The topological polar surface area (TPSA) is 74.0 Å². The van der Waals surface area contributed by atoms with Gasteiger partial charge in [-0.15, -0.1) is 0 Å². The van der Waals surface area contributed by atoms with Crippen molar-refractivity contribution >= 4 is 35.1 Å². The summed E-state index contributed by atoms with van der Waals surface area (Å²) in [5.41, 5.74) is 3.79. The zero-order valence-electron chi connectivity index (χ0n) is 16.6. The second-order valence-electron chi connectivity index (χ2n) is 6.88. The number of nitrogens with one attached hydrogen (secondary N) is 1. The third-order valence-corrected chi connectivity index (χ3v) is 4.97. The lowest BCUT2D eigenvalue weighted by Crippen LogP contribution is -2.05. The van der Waals surface area contributed by atoms with Gasteiger partial charge < -0.3 is 5.32 Å². The molecule has 0 atom stereocenters. The lowest BCUT2D eigenvalue weighted by atomic mass is 10.0. The van der Waals surface area contributed by atoms with E-state index in [0.717, 1.165) is 21.9 Å². The van der Waals surface area contributed by atoms with E-state index in [4.69, 9.17) is 5.26 Å². The minimum absolute atomic E-state index is 0.121. The number of aliphatic imine (C=N–C) groups is 1. The molecule has 0 saturated heterocycles. The fourth-order valence-electron chi connectivity index (χ4n) is 3.36. The molecule has 0 spiro atoms. The van der Waals surface area contributed by atoms with E-state index in [2.05, 4.69) is 39.6 Å². The highest BCUT2D eigenvalue weighted by Crippen LogP contribution is 2.29. The Morgan fingerprint density at radius 1 is 1.06 bits per heavy atom. The lowest BCUT2D eigenvalue weighted by molar-refractivity contribution is 0.621. The van der Waals surface area contributed by atoms with Crippen molar-refractivity contribution in [2.24, 2.45) is 4.99 Å². The Kier molecular flexibility index (Phi) is 5.50. The highest BCUT2D eigenvalue weighted by Gasteiger charge is 2.14. The molecule has 1 heterocycles. The largest absolute Gasteiger partial charge is 0.363 e. The van der Waals surface area contributed by atoms with Crippen molar-refractivity contribution in [1.29, 1.82) is 5.26 Å². The third-order valence-electron chi connectivity index (χ3n) is 4.97. The Morgan fingerprint density at radius 2 is 1.87 bits per heavy atom. The van der Waals surface area contributed by atoms with E-state index in [0.29, 0.717) is 23.4 Å². The molecule has 1 aromatic heterocycles. The van der Waals surface area contributed by atoms with Crippen molar-refractivity contribution in [3.05, 3.63) is 90.0 Å². The zero-order chi connectivity index (χ0) is 21.8. The van der Waals surface area contributed by atoms with Gasteiger partial charge in [0.1, 0.15) is 12.0 Å². The molecule has 4 aromatic rings. The minimum Gasteiger partial charge on any atom is -0.363 e. The van der Waals surface area contributed by atoms with Crippen LogP contribution in [0.3, 0.4) is 0 Å². The number of hydrogen-bond acceptors (Lipinski definition) is 5. The molecule has 0 saturated carbocycles. The summed E-state index contributed by atoms with van der Waals surface area (Å²) < 4.78 is 15.1. The van der Waals surface area contributed by atoms with Crippen LogP contribution in [-0.2, 0) is 6.54 Å². The average molecular weight is 407 g/mol. The Balaban J connectivity index is 1.59. The maximum absolute atomic E-state index is 15.1. The van der Waals surface area contributed by atoms with Crippen LogP contribution in [0.5, 0.6) is 0 Å². The third kappa shape index (κ3) is 4.02. The maximum atomic E-state index is 15.1. The number of rotatable bonds is 6. The van der Waals surface area contributed by atoms with Crippen molar-refractivity contribution < 1.29 is 4.39 Å². The SMILES string of the molecule is C=Cc1cc(-c2ncnc(NCc3ccc4cc(C#N)ccc4c3)c2F)ccc1N=C. The van der Waals surface area contributed by atoms with Gasteiger partial charge >= 0.3 is 0 Å². The summed E-state index contributed by atoms with van der Waals surface area (Å²) in [6.07, 6.45) is 2.98. The summed E-state index contributed by atoms with van der Waals surface area (Å²) in [6, 6.07) is 18.8. The molecule has 0 amide bonds. The van der Waals surface area contributed by atoms with E-state index in [-0.39, 0.29) is 11.5 Å². The normalized spacial score (nSPS) is 10.5. The molecular weight excluding hydrogens is 389 g/mol. The number of benzene rings is 3. The molecule has 0 aliphatic rings. The first-order chi connectivity index (χ1) is 15.1. The van der Waals surface area contributed by atoms with E-state index in [1.54, 1.807) is 30.3 Å². The average Bonchev–Trinajstić information content (AvgIpc) is 2.82. The van der Waals surface area contributed by atoms with E-state index < -0.39 is 5.82 Å². The van der Waals surface area contributed by atoms with Gasteiger partial charge in [0.15, 0.2) is 11.6 Å². The van der Waals surface area contributed by atoms with Crippen LogP contribution in [0.4, 0.5) is 15.9 Å². The zero-order valence-corrected chi connectivity index (χ0v) is 16.6. The van der Waals surface area contributed by atoms with E-state index in [1.165, 1.54) is 6.33 Å². The molecule has 150 valence electrons. The van der Waals surface area contributed by atoms with Crippen molar-refractivity contribution in [1.82, 2.24) is 9.97 Å². The second kappa shape index (κ2) is 8.56. The van der Waals surface area contributed by atoms with Gasteiger partial charge in [0.2, 0.25) is 0 Å². The number of nitrogens with zero attached hydrogens (tertiary/aromatic N) is 4. The van der Waals surface area contributed by atoms with Crippen LogP contribution in [0, 0.1) is 17.1 Å². The molecular formula is C25H18FN5. The van der Waals surface area contributed by atoms with Gasteiger partial charge in [-0.2, -0.15) is 5.26 Å². The molecule has 0 aliphatic carbocycles. The van der Waals surface area contributed by atoms with Crippen molar-refractivity contribution in [3.63, 3.8) is 0 Å². The van der Waals surface area contributed by atoms with E-state index in [9.17, 15) is 0 Å². The molecule has 5 nitrogen and oxygen atoms in total. The Hall–Kier alpha value is -4.37. The summed E-state index contributed by atoms with van der Waals surface area (Å²) >= 11 is 0. The number of aromatic nitrogens is 2. The molecule has 0 unspecified atom stereocenters. The van der Waals surface area contributed by atoms with Crippen LogP contribution in [0.25, 0.3) is 28.1 Å². The van der Waals surface area contributed by atoms with Crippen molar-refractivity contribution in [3.8, 4) is 17.3 Å². The molecule has 0 bridgehead atoms. The quantitative estimate of drug-likeness (QED) is 0.404. The van der Waals surface area contributed by atoms with Crippen LogP contribution in [0.2, 0.25) is 0 Å². The number of hydrogen-bond donors (Lipinski definition) is 1. The van der Waals surface area contributed by atoms with Crippen LogP contribution in [-0.4, -0.2) is 16.7 Å². The summed E-state index contributed by atoms with van der Waals surface area (Å²) in [5, 5.41) is 14.1. The number of fused-ring (bicyclic) bond motifs is 1. The molecule has 1 N–H and O–H groups in total. The fourth-order valence-corrected chi connectivity index (χ4v) is 3.36. The van der Waals surface area contributed by atoms with Crippen molar-refractivity contribution in [2.75, 3.05) is 5.32 Å². The fraction of sp³-hybridized carbons (Fsp3) is 0.0400. The summed E-state index contributed by atoms with van der Waals surface area (Å²) in [5.74, 6) is -0.410. The first-order valence-corrected chi connectivity index (χ1v) is 9.53. The van der Waals surface area contributed by atoms with Crippen LogP contribution < -0.4 is 5.32 Å². The Bertz CT molecular complexity index is 1350. The first kappa shape index (κ1) is 19.9. The minimum atomic E-state index is -0.531. The number of halogens is 1. The van der Waals surface area contributed by atoms with Crippen LogP contribution in [0.1, 0.15) is 16.7 Å². The van der Waals surface area contributed by atoms with Gasteiger partial charge in [-0.1, -0.05) is 36.9 Å². The first-order valence-electron chi connectivity index (χ1n) is 9.53. The van der Waals surface area contributed by atoms with Gasteiger partial charge in [-0.3, -0.25) is 4.99 Å². The standard InChI is InChI=1S/C25H18FN5/c1-3-18-12-21(8-9-22(18)28-2)24-23(26)25(31-15-30-24)29-14-17-5-7-19-10-16(13-27)4-6-20(19)11-17/h3-12,15H,1-2,14H2,(H,29,30,31). The highest BCUT2D eigenvalue weighted by molar-refractivity contribution is 5.84. The molecule has 0 radical (unpaired) electrons. The summed E-state index contributed by atoms with van der Waals surface area (Å²) in [7, 11) is 0. The van der Waals surface area contributed by atoms with Gasteiger partial charge in [0.05, 0.1) is 17.3 Å².